The monoisotopic (exact) mass is 429 g/mol. The molecule has 0 radical (unpaired) electrons. The molecule has 26 heavy (non-hydrogen) atoms. The van der Waals surface area contributed by atoms with Crippen LogP contribution in [-0.4, -0.2) is 39.7 Å². The number of halogens is 1. The van der Waals surface area contributed by atoms with Gasteiger partial charge in [-0.05, 0) is 48.9 Å². The number of thiazole rings is 1. The second-order valence-corrected chi connectivity index (χ2v) is 8.97. The molecule has 1 aliphatic carbocycles. The van der Waals surface area contributed by atoms with Crippen molar-refractivity contribution in [1.82, 2.24) is 9.88 Å². The number of rotatable bonds is 2. The van der Waals surface area contributed by atoms with Gasteiger partial charge in [-0.15, -0.1) is 11.3 Å². The van der Waals surface area contributed by atoms with E-state index in [9.17, 15) is 9.90 Å². The van der Waals surface area contributed by atoms with Crippen molar-refractivity contribution in [3.63, 3.8) is 0 Å². The molecule has 2 aliphatic rings. The molecule has 0 spiro atoms. The number of hydrogen-bond acceptors (Lipinski definition) is 4. The van der Waals surface area contributed by atoms with Crippen LogP contribution < -0.4 is 5.32 Å². The lowest BCUT2D eigenvalue weighted by molar-refractivity contribution is 0.134. The zero-order chi connectivity index (χ0) is 17.9. The average molecular weight is 430 g/mol. The van der Waals surface area contributed by atoms with E-state index in [-0.39, 0.29) is 11.9 Å². The minimum absolute atomic E-state index is 0.150. The Balaban J connectivity index is 1.31. The molecular weight excluding hydrogens is 414 g/mol. The van der Waals surface area contributed by atoms with Crippen LogP contribution in [0.4, 0.5) is 10.5 Å². The van der Waals surface area contributed by atoms with Crippen molar-refractivity contribution in [1.29, 1.82) is 0 Å². The predicted octanol–water partition coefficient (Wildman–Crippen LogP) is 4.32. The first-order chi connectivity index (χ1) is 12.5. The molecule has 2 amide bonds. The van der Waals surface area contributed by atoms with Crippen LogP contribution in [0.2, 0.25) is 0 Å². The molecule has 132 valence electrons. The number of piperidine rings is 1. The summed E-state index contributed by atoms with van der Waals surface area (Å²) in [6.07, 6.45) is 0.824. The van der Waals surface area contributed by atoms with Crippen molar-refractivity contribution in [3.8, 4) is 10.6 Å². The molecule has 2 aromatic carbocycles. The van der Waals surface area contributed by atoms with E-state index < -0.39 is 5.60 Å². The van der Waals surface area contributed by atoms with Crippen LogP contribution >= 0.6 is 27.3 Å². The van der Waals surface area contributed by atoms with E-state index in [0.717, 1.165) is 37.4 Å². The van der Waals surface area contributed by atoms with E-state index in [4.69, 9.17) is 0 Å². The molecule has 5 rings (SSSR count). The minimum Gasteiger partial charge on any atom is -0.388 e. The standard InChI is InChI=1S/C19H16BrN3O2S/c20-13-3-6-16-15(7-13)22-17(26-16)11-1-4-14(5-2-11)21-18(24)23-9-12-8-19(12,25)10-23/h1-7,12,25H,8-10H2,(H,21,24). The van der Waals surface area contributed by atoms with Crippen molar-refractivity contribution in [3.05, 3.63) is 46.9 Å². The Bertz CT molecular complexity index is 1020. The number of benzene rings is 2. The summed E-state index contributed by atoms with van der Waals surface area (Å²) < 4.78 is 2.16. The molecule has 2 unspecified atom stereocenters. The molecule has 1 saturated heterocycles. The molecule has 1 aliphatic heterocycles. The van der Waals surface area contributed by atoms with Gasteiger partial charge in [0.2, 0.25) is 0 Å². The molecule has 1 aromatic heterocycles. The summed E-state index contributed by atoms with van der Waals surface area (Å²) in [7, 11) is 0. The van der Waals surface area contributed by atoms with Gasteiger partial charge in [-0.1, -0.05) is 15.9 Å². The summed E-state index contributed by atoms with van der Waals surface area (Å²) in [6, 6.07) is 13.7. The predicted molar refractivity (Wildman–Crippen MR) is 106 cm³/mol. The van der Waals surface area contributed by atoms with Crippen LogP contribution in [-0.2, 0) is 0 Å². The normalized spacial score (nSPS) is 23.9. The van der Waals surface area contributed by atoms with Crippen LogP contribution in [0.25, 0.3) is 20.8 Å². The van der Waals surface area contributed by atoms with Gasteiger partial charge in [0.05, 0.1) is 22.4 Å². The zero-order valence-corrected chi connectivity index (χ0v) is 16.2. The number of β-amino-alcohol motifs (C(OH)–C–C–N with tert-alkyl or cyclic N) is 1. The van der Waals surface area contributed by atoms with Crippen molar-refractivity contribution in [2.24, 2.45) is 5.92 Å². The topological polar surface area (TPSA) is 65.5 Å². The fourth-order valence-corrected chi connectivity index (χ4v) is 4.83. The van der Waals surface area contributed by atoms with Crippen LogP contribution in [0.15, 0.2) is 46.9 Å². The lowest BCUT2D eigenvalue weighted by atomic mass is 10.2. The van der Waals surface area contributed by atoms with Gasteiger partial charge in [0.1, 0.15) is 5.01 Å². The van der Waals surface area contributed by atoms with E-state index in [1.54, 1.807) is 16.2 Å². The SMILES string of the molecule is O=C(Nc1ccc(-c2nc3cc(Br)ccc3s2)cc1)N1CC2CC2(O)C1. The highest BCUT2D eigenvalue weighted by molar-refractivity contribution is 9.10. The third kappa shape index (κ3) is 2.80. The zero-order valence-electron chi connectivity index (χ0n) is 13.8. The van der Waals surface area contributed by atoms with Crippen LogP contribution in [0.1, 0.15) is 6.42 Å². The van der Waals surface area contributed by atoms with Gasteiger partial charge in [0.25, 0.3) is 0 Å². The summed E-state index contributed by atoms with van der Waals surface area (Å²) >= 11 is 5.12. The number of amides is 2. The highest BCUT2D eigenvalue weighted by Crippen LogP contribution is 2.49. The molecule has 7 heteroatoms. The third-order valence-corrected chi connectivity index (χ3v) is 6.70. The largest absolute Gasteiger partial charge is 0.388 e. The van der Waals surface area contributed by atoms with Crippen molar-refractivity contribution < 1.29 is 9.90 Å². The molecule has 2 atom stereocenters. The number of urea groups is 1. The number of nitrogens with zero attached hydrogens (tertiary/aromatic N) is 2. The maximum absolute atomic E-state index is 12.3. The highest BCUT2D eigenvalue weighted by Gasteiger charge is 2.60. The van der Waals surface area contributed by atoms with Crippen LogP contribution in [0, 0.1) is 5.92 Å². The van der Waals surface area contributed by atoms with Crippen LogP contribution in [0.3, 0.4) is 0 Å². The molecule has 2 N–H and O–H groups in total. The summed E-state index contributed by atoms with van der Waals surface area (Å²) in [5, 5.41) is 13.9. The van der Waals surface area contributed by atoms with E-state index >= 15 is 0 Å². The van der Waals surface area contributed by atoms with Gasteiger partial charge in [0, 0.05) is 28.2 Å². The number of likely N-dealkylation sites (tertiary alicyclic amines) is 1. The fourth-order valence-electron chi connectivity index (χ4n) is 3.53. The summed E-state index contributed by atoms with van der Waals surface area (Å²) in [4.78, 5) is 18.7. The Kier molecular flexibility index (Phi) is 3.60. The third-order valence-electron chi connectivity index (χ3n) is 5.13. The van der Waals surface area contributed by atoms with Gasteiger partial charge in [-0.3, -0.25) is 0 Å². The molecule has 2 fully saturated rings. The minimum atomic E-state index is -0.622. The lowest BCUT2D eigenvalue weighted by Gasteiger charge is -2.19. The van der Waals surface area contributed by atoms with Crippen LogP contribution in [0.5, 0.6) is 0 Å². The summed E-state index contributed by atoms with van der Waals surface area (Å²) in [5.41, 5.74) is 2.12. The number of anilines is 1. The first kappa shape index (κ1) is 16.2. The lowest BCUT2D eigenvalue weighted by Crippen LogP contribution is -2.36. The van der Waals surface area contributed by atoms with E-state index in [2.05, 4.69) is 32.3 Å². The number of aliphatic hydroxyl groups is 1. The first-order valence-corrected chi connectivity index (χ1v) is 10.1. The smallest absolute Gasteiger partial charge is 0.321 e. The van der Waals surface area contributed by atoms with Crippen molar-refractivity contribution in [2.45, 2.75) is 12.0 Å². The number of carbonyl (C=O) groups excluding carboxylic acids is 1. The second-order valence-electron chi connectivity index (χ2n) is 7.02. The molecule has 3 aromatic rings. The Morgan fingerprint density at radius 1 is 1.31 bits per heavy atom. The molecule has 2 heterocycles. The van der Waals surface area contributed by atoms with Crippen molar-refractivity contribution in [2.75, 3.05) is 18.4 Å². The van der Waals surface area contributed by atoms with Gasteiger partial charge in [0.15, 0.2) is 0 Å². The molecular formula is C19H16BrN3O2S. The quantitative estimate of drug-likeness (QED) is 0.637. The summed E-state index contributed by atoms with van der Waals surface area (Å²) in [5.74, 6) is 0.259. The molecule has 5 nitrogen and oxygen atoms in total. The Hall–Kier alpha value is -1.96. The van der Waals surface area contributed by atoms with E-state index in [1.807, 2.05) is 36.4 Å². The highest BCUT2D eigenvalue weighted by atomic mass is 79.9. The van der Waals surface area contributed by atoms with Gasteiger partial charge in [-0.2, -0.15) is 0 Å². The fraction of sp³-hybridized carbons (Fsp3) is 0.263. The van der Waals surface area contributed by atoms with Crippen molar-refractivity contribution >= 4 is 49.2 Å². The second kappa shape index (κ2) is 5.77. The number of fused-ring (bicyclic) bond motifs is 2. The Labute approximate surface area is 162 Å². The van der Waals surface area contributed by atoms with E-state index in [1.165, 1.54) is 0 Å². The van der Waals surface area contributed by atoms with Gasteiger partial charge >= 0.3 is 6.03 Å². The number of carbonyl (C=O) groups is 1. The number of nitrogens with one attached hydrogen (secondary N) is 1. The molecule has 0 bridgehead atoms. The maximum atomic E-state index is 12.3. The molecule has 1 saturated carbocycles. The van der Waals surface area contributed by atoms with E-state index in [0.29, 0.717) is 13.1 Å². The first-order valence-electron chi connectivity index (χ1n) is 8.45. The van der Waals surface area contributed by atoms with Gasteiger partial charge < -0.3 is 15.3 Å². The Morgan fingerprint density at radius 3 is 2.85 bits per heavy atom. The van der Waals surface area contributed by atoms with Gasteiger partial charge in [-0.25, -0.2) is 9.78 Å². The maximum Gasteiger partial charge on any atom is 0.321 e. The Morgan fingerprint density at radius 2 is 2.12 bits per heavy atom. The number of hydrogen-bond donors (Lipinski definition) is 2. The average Bonchev–Trinajstić information content (AvgIpc) is 2.95. The summed E-state index contributed by atoms with van der Waals surface area (Å²) in [6.45, 7) is 1.07. The number of aromatic nitrogens is 1.